The molecule has 6 rings (SSSR count). The van der Waals surface area contributed by atoms with Crippen LogP contribution in [0.4, 0.5) is 0 Å². The fraction of sp³-hybridized carbons (Fsp3) is 0.0833. The van der Waals surface area contributed by atoms with Crippen molar-refractivity contribution >= 4 is 0 Å². The van der Waals surface area contributed by atoms with Gasteiger partial charge in [0.2, 0.25) is 0 Å². The molecular formula is C24H20N10. The van der Waals surface area contributed by atoms with Gasteiger partial charge in [-0.15, -0.1) is 0 Å². The van der Waals surface area contributed by atoms with Gasteiger partial charge in [0, 0.05) is 49.6 Å². The van der Waals surface area contributed by atoms with Gasteiger partial charge in [-0.2, -0.15) is 20.4 Å². The zero-order chi connectivity index (χ0) is 22.7. The van der Waals surface area contributed by atoms with Crippen LogP contribution in [0.1, 0.15) is 11.1 Å². The highest BCUT2D eigenvalue weighted by Crippen LogP contribution is 2.18. The van der Waals surface area contributed by atoms with E-state index in [-0.39, 0.29) is 0 Å². The van der Waals surface area contributed by atoms with Crippen molar-refractivity contribution in [1.82, 2.24) is 49.1 Å². The average molecular weight is 448 g/mol. The second kappa shape index (κ2) is 8.58. The van der Waals surface area contributed by atoms with Crippen molar-refractivity contribution in [1.29, 1.82) is 0 Å². The van der Waals surface area contributed by atoms with E-state index in [0.717, 1.165) is 47.2 Å². The molecule has 10 nitrogen and oxygen atoms in total. The number of aryl methyl sites for hydroxylation is 2. The Labute approximate surface area is 194 Å². The molecule has 0 fully saturated rings. The average Bonchev–Trinajstić information content (AvgIpc) is 3.69. The first-order chi connectivity index (χ1) is 16.8. The van der Waals surface area contributed by atoms with Gasteiger partial charge in [0.05, 0.1) is 0 Å². The molecule has 0 saturated carbocycles. The van der Waals surface area contributed by atoms with Crippen LogP contribution in [0.25, 0.3) is 23.3 Å². The lowest BCUT2D eigenvalue weighted by Gasteiger charge is -2.11. The quantitative estimate of drug-likeness (QED) is 0.372. The summed E-state index contributed by atoms with van der Waals surface area (Å²) in [7, 11) is 0. The molecule has 6 aromatic rings. The zero-order valence-corrected chi connectivity index (χ0v) is 18.1. The van der Waals surface area contributed by atoms with Gasteiger partial charge in [-0.3, -0.25) is 0 Å². The predicted octanol–water partition coefficient (Wildman–Crippen LogP) is 3.00. The van der Waals surface area contributed by atoms with E-state index in [1.54, 1.807) is 43.5 Å². The first kappa shape index (κ1) is 19.8. The smallest absolute Gasteiger partial charge is 0.156 e. The lowest BCUT2D eigenvalue weighted by atomic mass is 10.1. The van der Waals surface area contributed by atoms with Gasteiger partial charge in [0.1, 0.15) is 0 Å². The van der Waals surface area contributed by atoms with Crippen molar-refractivity contribution in [3.05, 3.63) is 109 Å². The van der Waals surface area contributed by atoms with Gasteiger partial charge in [0.25, 0.3) is 0 Å². The van der Waals surface area contributed by atoms with E-state index in [4.69, 9.17) is 9.97 Å². The minimum Gasteiger partial charge on any atom is -0.223 e. The molecular weight excluding hydrogens is 428 g/mol. The number of nitrogens with zero attached hydrogens (tertiary/aromatic N) is 10. The summed E-state index contributed by atoms with van der Waals surface area (Å²) in [5.74, 6) is 2.99. The minimum atomic E-state index is 0.747. The minimum absolute atomic E-state index is 0.747. The monoisotopic (exact) mass is 448 g/mol. The van der Waals surface area contributed by atoms with Gasteiger partial charge in [-0.1, -0.05) is 0 Å². The van der Waals surface area contributed by atoms with Gasteiger partial charge in [-0.05, 0) is 72.5 Å². The summed E-state index contributed by atoms with van der Waals surface area (Å²) in [6.45, 7) is 0. The second-order valence-corrected chi connectivity index (χ2v) is 7.69. The summed E-state index contributed by atoms with van der Waals surface area (Å²) in [6.07, 6.45) is 16.1. The largest absolute Gasteiger partial charge is 0.223 e. The molecule has 0 N–H and O–H groups in total. The SMILES string of the molecule is c1cnn(-c2cc(CCc3cc(-n4cccn4)nc(-n4cccn4)c3)cc(-n3cccn3)n2)c1. The Morgan fingerprint density at radius 2 is 0.735 bits per heavy atom. The summed E-state index contributed by atoms with van der Waals surface area (Å²) in [5.41, 5.74) is 2.26. The Morgan fingerprint density at radius 3 is 0.971 bits per heavy atom. The normalized spacial score (nSPS) is 11.2. The van der Waals surface area contributed by atoms with Gasteiger partial charge in [0.15, 0.2) is 23.3 Å². The van der Waals surface area contributed by atoms with Crippen LogP contribution in [0.15, 0.2) is 98.1 Å². The molecule has 0 aliphatic heterocycles. The Morgan fingerprint density at radius 1 is 0.441 bits per heavy atom. The van der Waals surface area contributed by atoms with Gasteiger partial charge in [-0.25, -0.2) is 28.7 Å². The van der Waals surface area contributed by atoms with Crippen LogP contribution in [0.3, 0.4) is 0 Å². The predicted molar refractivity (Wildman–Crippen MR) is 124 cm³/mol. The standard InChI is InChI=1S/C24H20N10/c1-7-25-31(11-1)21-15-19(16-22(29-21)32-12-2-8-26-32)5-6-20-17-23(33-13-3-9-27-33)30-24(18-20)34-14-4-10-28-34/h1-4,7-18H,5-6H2. The van der Waals surface area contributed by atoms with Crippen molar-refractivity contribution in [3.8, 4) is 23.3 Å². The van der Waals surface area contributed by atoms with E-state index < -0.39 is 0 Å². The maximum absolute atomic E-state index is 4.74. The van der Waals surface area contributed by atoms with E-state index in [0.29, 0.717) is 0 Å². The molecule has 34 heavy (non-hydrogen) atoms. The first-order valence-corrected chi connectivity index (χ1v) is 10.8. The number of pyridine rings is 2. The third-order valence-corrected chi connectivity index (χ3v) is 5.38. The van der Waals surface area contributed by atoms with E-state index in [9.17, 15) is 0 Å². The molecule has 0 radical (unpaired) electrons. The Hall–Kier alpha value is -4.86. The third kappa shape index (κ3) is 3.99. The Kier molecular flexibility index (Phi) is 5.00. The molecule has 10 heteroatoms. The molecule has 0 saturated heterocycles. The summed E-state index contributed by atoms with van der Waals surface area (Å²) >= 11 is 0. The fourth-order valence-electron chi connectivity index (χ4n) is 3.77. The van der Waals surface area contributed by atoms with Crippen LogP contribution >= 0.6 is 0 Å². The van der Waals surface area contributed by atoms with Crippen LogP contribution < -0.4 is 0 Å². The highest BCUT2D eigenvalue weighted by atomic mass is 15.3. The van der Waals surface area contributed by atoms with Crippen molar-refractivity contribution < 1.29 is 0 Å². The number of hydrogen-bond donors (Lipinski definition) is 0. The van der Waals surface area contributed by atoms with Gasteiger partial charge < -0.3 is 0 Å². The topological polar surface area (TPSA) is 97.1 Å². The van der Waals surface area contributed by atoms with E-state index in [1.165, 1.54) is 0 Å². The highest BCUT2D eigenvalue weighted by Gasteiger charge is 2.10. The van der Waals surface area contributed by atoms with Crippen LogP contribution in [0.5, 0.6) is 0 Å². The molecule has 6 aromatic heterocycles. The number of aromatic nitrogens is 10. The fourth-order valence-corrected chi connectivity index (χ4v) is 3.77. The van der Waals surface area contributed by atoms with Crippen LogP contribution in [0, 0.1) is 0 Å². The molecule has 0 aromatic carbocycles. The second-order valence-electron chi connectivity index (χ2n) is 7.69. The van der Waals surface area contributed by atoms with Crippen molar-refractivity contribution in [2.45, 2.75) is 12.8 Å². The molecule has 0 atom stereocenters. The molecule has 0 bridgehead atoms. The highest BCUT2D eigenvalue weighted by molar-refractivity contribution is 5.39. The molecule has 166 valence electrons. The van der Waals surface area contributed by atoms with E-state index in [2.05, 4.69) is 44.7 Å². The first-order valence-electron chi connectivity index (χ1n) is 10.8. The van der Waals surface area contributed by atoms with E-state index >= 15 is 0 Å². The molecule has 0 aliphatic rings. The lowest BCUT2D eigenvalue weighted by molar-refractivity contribution is 0.788. The van der Waals surface area contributed by atoms with Crippen molar-refractivity contribution in [2.75, 3.05) is 0 Å². The molecule has 0 spiro atoms. The molecule has 0 unspecified atom stereocenters. The third-order valence-electron chi connectivity index (χ3n) is 5.38. The lowest BCUT2D eigenvalue weighted by Crippen LogP contribution is -2.08. The maximum Gasteiger partial charge on any atom is 0.156 e. The maximum atomic E-state index is 4.74. The summed E-state index contributed by atoms with van der Waals surface area (Å²) in [5, 5.41) is 17.4. The van der Waals surface area contributed by atoms with Crippen LogP contribution in [-0.2, 0) is 12.8 Å². The number of rotatable bonds is 7. The summed E-state index contributed by atoms with van der Waals surface area (Å²) in [4.78, 5) is 9.47. The van der Waals surface area contributed by atoms with Crippen molar-refractivity contribution in [3.63, 3.8) is 0 Å². The zero-order valence-electron chi connectivity index (χ0n) is 18.1. The van der Waals surface area contributed by atoms with Crippen molar-refractivity contribution in [2.24, 2.45) is 0 Å². The Balaban J connectivity index is 1.35. The van der Waals surface area contributed by atoms with E-state index in [1.807, 2.05) is 49.1 Å². The van der Waals surface area contributed by atoms with Crippen LogP contribution in [-0.4, -0.2) is 49.1 Å². The summed E-state index contributed by atoms with van der Waals surface area (Å²) < 4.78 is 7.03. The van der Waals surface area contributed by atoms with Crippen LogP contribution in [0.2, 0.25) is 0 Å². The molecule has 6 heterocycles. The Bertz CT molecular complexity index is 1260. The molecule has 0 amide bonds. The van der Waals surface area contributed by atoms with Gasteiger partial charge >= 0.3 is 0 Å². The summed E-state index contributed by atoms with van der Waals surface area (Å²) in [6, 6.07) is 15.8. The molecule has 0 aliphatic carbocycles. The number of hydrogen-bond acceptors (Lipinski definition) is 6.